The van der Waals surface area contributed by atoms with Crippen LogP contribution in [0.15, 0.2) is 39.9 Å². The average Bonchev–Trinajstić information content (AvgIpc) is 3.32. The fraction of sp³-hybridized carbons (Fsp3) is 0.294. The first-order valence-electron chi connectivity index (χ1n) is 6.95. The van der Waals surface area contributed by atoms with Gasteiger partial charge in [-0.3, -0.25) is 13.9 Å². The van der Waals surface area contributed by atoms with E-state index in [-0.39, 0.29) is 11.2 Å². The molecule has 1 aromatic carbocycles. The van der Waals surface area contributed by atoms with Crippen LogP contribution < -0.4 is 11.2 Å². The molecule has 0 radical (unpaired) electrons. The molecule has 0 atom stereocenters. The summed E-state index contributed by atoms with van der Waals surface area (Å²) in [5, 5.41) is 0. The summed E-state index contributed by atoms with van der Waals surface area (Å²) >= 11 is 0. The highest BCUT2D eigenvalue weighted by Gasteiger charge is 2.17. The van der Waals surface area contributed by atoms with E-state index in [2.05, 4.69) is 11.8 Å². The molecule has 0 saturated heterocycles. The topological polar surface area (TPSA) is 44.0 Å². The molecule has 1 fully saturated rings. The molecule has 0 unspecified atom stereocenters. The predicted molar refractivity (Wildman–Crippen MR) is 82.0 cm³/mol. The van der Waals surface area contributed by atoms with Gasteiger partial charge < -0.3 is 0 Å². The minimum atomic E-state index is -0.324. The van der Waals surface area contributed by atoms with Crippen molar-refractivity contribution in [2.45, 2.75) is 12.8 Å². The summed E-state index contributed by atoms with van der Waals surface area (Å²) in [4.78, 5) is 23.7. The molecule has 106 valence electrons. The minimum Gasteiger partial charge on any atom is -0.296 e. The van der Waals surface area contributed by atoms with Gasteiger partial charge >= 0.3 is 5.69 Å². The Morgan fingerprint density at radius 3 is 2.33 bits per heavy atom. The number of benzene rings is 1. The van der Waals surface area contributed by atoms with E-state index in [1.807, 2.05) is 24.3 Å². The molecular weight excluding hydrogens is 264 g/mol. The minimum absolute atomic E-state index is 0.300. The molecule has 2 aromatic rings. The van der Waals surface area contributed by atoms with Crippen molar-refractivity contribution in [1.29, 1.82) is 0 Å². The van der Waals surface area contributed by atoms with E-state index >= 15 is 0 Å². The number of nitrogens with zero attached hydrogens (tertiary/aromatic N) is 2. The maximum atomic E-state index is 11.9. The van der Waals surface area contributed by atoms with Gasteiger partial charge in [-0.05, 0) is 30.5 Å². The van der Waals surface area contributed by atoms with E-state index < -0.39 is 0 Å². The maximum Gasteiger partial charge on any atom is 0.330 e. The van der Waals surface area contributed by atoms with Gasteiger partial charge in [-0.25, -0.2) is 4.79 Å². The van der Waals surface area contributed by atoms with E-state index in [0.29, 0.717) is 11.6 Å². The third-order valence-corrected chi connectivity index (χ3v) is 3.70. The zero-order valence-corrected chi connectivity index (χ0v) is 12.1. The maximum absolute atomic E-state index is 11.9. The molecule has 1 aromatic heterocycles. The SMILES string of the molecule is Cn1c(-c2ccc(C#CC3CC3)cc2)cc(=O)n(C)c1=O. The van der Waals surface area contributed by atoms with Crippen molar-refractivity contribution in [2.75, 3.05) is 0 Å². The van der Waals surface area contributed by atoms with Crippen molar-refractivity contribution in [3.63, 3.8) is 0 Å². The Morgan fingerprint density at radius 2 is 1.71 bits per heavy atom. The molecule has 0 amide bonds. The van der Waals surface area contributed by atoms with Crippen LogP contribution in [0.1, 0.15) is 18.4 Å². The molecule has 1 heterocycles. The normalized spacial score (nSPS) is 13.6. The monoisotopic (exact) mass is 280 g/mol. The van der Waals surface area contributed by atoms with Gasteiger partial charge in [-0.1, -0.05) is 24.0 Å². The van der Waals surface area contributed by atoms with Crippen LogP contribution in [0.25, 0.3) is 11.3 Å². The lowest BCUT2D eigenvalue weighted by atomic mass is 10.1. The van der Waals surface area contributed by atoms with Gasteiger partial charge in [0.25, 0.3) is 5.56 Å². The Labute approximate surface area is 122 Å². The van der Waals surface area contributed by atoms with Crippen LogP contribution in [-0.2, 0) is 14.1 Å². The third kappa shape index (κ3) is 2.68. The lowest BCUT2D eigenvalue weighted by Gasteiger charge is -2.09. The average molecular weight is 280 g/mol. The summed E-state index contributed by atoms with van der Waals surface area (Å²) in [6, 6.07) is 9.11. The quantitative estimate of drug-likeness (QED) is 0.743. The van der Waals surface area contributed by atoms with E-state index in [0.717, 1.165) is 15.7 Å². The summed E-state index contributed by atoms with van der Waals surface area (Å²) in [5.74, 6) is 6.93. The summed E-state index contributed by atoms with van der Waals surface area (Å²) in [6.07, 6.45) is 2.42. The Bertz CT molecular complexity index is 857. The number of rotatable bonds is 1. The van der Waals surface area contributed by atoms with Gasteiger partial charge in [0.15, 0.2) is 0 Å². The zero-order valence-electron chi connectivity index (χ0n) is 12.1. The summed E-state index contributed by atoms with van der Waals surface area (Å²) < 4.78 is 2.57. The second-order valence-corrected chi connectivity index (χ2v) is 5.39. The Morgan fingerprint density at radius 1 is 1.05 bits per heavy atom. The Kier molecular flexibility index (Phi) is 3.26. The summed E-state index contributed by atoms with van der Waals surface area (Å²) in [5.41, 5.74) is 1.79. The molecule has 1 aliphatic carbocycles. The molecule has 0 bridgehead atoms. The third-order valence-electron chi connectivity index (χ3n) is 3.70. The van der Waals surface area contributed by atoms with Crippen LogP contribution >= 0.6 is 0 Å². The van der Waals surface area contributed by atoms with Gasteiger partial charge in [0.1, 0.15) is 0 Å². The van der Waals surface area contributed by atoms with Crippen LogP contribution in [-0.4, -0.2) is 9.13 Å². The molecule has 4 heteroatoms. The highest BCUT2D eigenvalue weighted by Crippen LogP contribution is 2.27. The molecule has 0 spiro atoms. The summed E-state index contributed by atoms with van der Waals surface area (Å²) in [6.45, 7) is 0. The van der Waals surface area contributed by atoms with Crippen molar-refractivity contribution in [3.8, 4) is 23.1 Å². The van der Waals surface area contributed by atoms with Gasteiger partial charge in [-0.2, -0.15) is 0 Å². The van der Waals surface area contributed by atoms with Crippen molar-refractivity contribution in [1.82, 2.24) is 9.13 Å². The number of aromatic nitrogens is 2. The molecule has 0 aliphatic heterocycles. The molecule has 1 saturated carbocycles. The van der Waals surface area contributed by atoms with Crippen LogP contribution in [0, 0.1) is 17.8 Å². The van der Waals surface area contributed by atoms with E-state index in [9.17, 15) is 9.59 Å². The van der Waals surface area contributed by atoms with Crippen molar-refractivity contribution in [2.24, 2.45) is 20.0 Å². The lowest BCUT2D eigenvalue weighted by Crippen LogP contribution is -2.36. The predicted octanol–water partition coefficient (Wildman–Crippen LogP) is 1.51. The number of hydrogen-bond acceptors (Lipinski definition) is 2. The Hall–Kier alpha value is -2.54. The van der Waals surface area contributed by atoms with E-state index in [4.69, 9.17) is 0 Å². The molecule has 1 aliphatic rings. The van der Waals surface area contributed by atoms with Gasteiger partial charge in [0.2, 0.25) is 0 Å². The van der Waals surface area contributed by atoms with Crippen molar-refractivity contribution >= 4 is 0 Å². The molecule has 21 heavy (non-hydrogen) atoms. The first-order valence-corrected chi connectivity index (χ1v) is 6.95. The van der Waals surface area contributed by atoms with Crippen LogP contribution in [0.4, 0.5) is 0 Å². The molecule has 4 nitrogen and oxygen atoms in total. The second kappa shape index (κ2) is 5.10. The van der Waals surface area contributed by atoms with E-state index in [1.165, 1.54) is 30.5 Å². The smallest absolute Gasteiger partial charge is 0.296 e. The van der Waals surface area contributed by atoms with Crippen LogP contribution in [0.2, 0.25) is 0 Å². The molecule has 0 N–H and O–H groups in total. The van der Waals surface area contributed by atoms with Crippen LogP contribution in [0.3, 0.4) is 0 Å². The van der Waals surface area contributed by atoms with Gasteiger partial charge in [0, 0.05) is 31.6 Å². The number of hydrogen-bond donors (Lipinski definition) is 0. The zero-order chi connectivity index (χ0) is 15.0. The van der Waals surface area contributed by atoms with Crippen LogP contribution in [0.5, 0.6) is 0 Å². The van der Waals surface area contributed by atoms with Gasteiger partial charge in [-0.15, -0.1) is 0 Å². The van der Waals surface area contributed by atoms with Gasteiger partial charge in [0.05, 0.1) is 5.69 Å². The first kappa shape index (κ1) is 13.4. The summed E-state index contributed by atoms with van der Waals surface area (Å²) in [7, 11) is 3.14. The Balaban J connectivity index is 2.00. The largest absolute Gasteiger partial charge is 0.330 e. The first-order chi connectivity index (χ1) is 10.1. The lowest BCUT2D eigenvalue weighted by molar-refractivity contribution is 0.692. The second-order valence-electron chi connectivity index (χ2n) is 5.39. The fourth-order valence-electron chi connectivity index (χ4n) is 2.15. The standard InChI is InChI=1S/C17H16N2O2/c1-18-15(11-16(20)19(2)17(18)21)14-9-7-13(8-10-14)6-5-12-3-4-12/h7-12H,3-4H2,1-2H3. The molecule has 3 rings (SSSR count). The van der Waals surface area contributed by atoms with Crippen molar-refractivity contribution < 1.29 is 0 Å². The van der Waals surface area contributed by atoms with E-state index in [1.54, 1.807) is 7.05 Å². The van der Waals surface area contributed by atoms with Crippen molar-refractivity contribution in [3.05, 3.63) is 56.7 Å². The molecular formula is C17H16N2O2. The fourth-order valence-corrected chi connectivity index (χ4v) is 2.15. The highest BCUT2D eigenvalue weighted by molar-refractivity contribution is 5.60. The highest BCUT2D eigenvalue weighted by atomic mass is 16.2.